The van der Waals surface area contributed by atoms with Crippen LogP contribution >= 0.6 is 15.9 Å². The fourth-order valence-electron chi connectivity index (χ4n) is 1.32. The second kappa shape index (κ2) is 7.88. The molecule has 0 aliphatic rings. The number of carbonyl (C=O) groups excluding carboxylic acids is 2. The van der Waals surface area contributed by atoms with Crippen LogP contribution in [0.15, 0.2) is 16.6 Å². The van der Waals surface area contributed by atoms with Gasteiger partial charge in [0.05, 0.1) is 5.56 Å². The maximum absolute atomic E-state index is 11.8. The smallest absolute Gasteiger partial charge is 0.344 e. The minimum absolute atomic E-state index is 0.0902. The molecule has 1 aromatic carbocycles. The summed E-state index contributed by atoms with van der Waals surface area (Å²) in [6, 6.07) is 3.03. The third-order valence-corrected chi connectivity index (χ3v) is 2.52. The summed E-state index contributed by atoms with van der Waals surface area (Å²) in [6.45, 7) is -0.279. The van der Waals surface area contributed by atoms with Crippen molar-refractivity contribution < 1.29 is 28.5 Å². The number of rotatable bonds is 7. The third kappa shape index (κ3) is 4.30. The molecule has 0 amide bonds. The van der Waals surface area contributed by atoms with E-state index in [-0.39, 0.29) is 30.5 Å². The second-order valence-corrected chi connectivity index (χ2v) is 4.29. The zero-order valence-electron chi connectivity index (χ0n) is 10.5. The minimum atomic E-state index is -0.655. The monoisotopic (exact) mass is 332 g/mol. The van der Waals surface area contributed by atoms with E-state index in [4.69, 9.17) is 14.2 Å². The molecule has 0 aromatic heterocycles. The predicted octanol–water partition coefficient (Wildman–Crippen LogP) is 2.00. The van der Waals surface area contributed by atoms with E-state index >= 15 is 0 Å². The van der Waals surface area contributed by atoms with Gasteiger partial charge in [-0.1, -0.05) is 15.9 Å². The van der Waals surface area contributed by atoms with Crippen LogP contribution in [0, 0.1) is 0 Å². The predicted molar refractivity (Wildman–Crippen MR) is 69.3 cm³/mol. The van der Waals surface area contributed by atoms with Crippen LogP contribution in [0.3, 0.4) is 0 Å². The van der Waals surface area contributed by atoms with Gasteiger partial charge in [-0.05, 0) is 12.1 Å². The van der Waals surface area contributed by atoms with E-state index in [2.05, 4.69) is 20.7 Å². The Hall–Kier alpha value is -1.44. The molecule has 0 bridgehead atoms. The van der Waals surface area contributed by atoms with E-state index < -0.39 is 5.97 Å². The lowest BCUT2D eigenvalue weighted by atomic mass is 10.1. The van der Waals surface area contributed by atoms with Gasteiger partial charge in [0, 0.05) is 18.7 Å². The highest BCUT2D eigenvalue weighted by molar-refractivity contribution is 9.10. The van der Waals surface area contributed by atoms with Crippen molar-refractivity contribution in [2.45, 2.75) is 0 Å². The molecule has 7 heteroatoms. The van der Waals surface area contributed by atoms with Crippen LogP contribution < -0.4 is 4.74 Å². The Morgan fingerprint density at radius 2 is 1.95 bits per heavy atom. The lowest BCUT2D eigenvalue weighted by Crippen LogP contribution is -2.12. The van der Waals surface area contributed by atoms with Crippen molar-refractivity contribution in [1.29, 1.82) is 0 Å². The van der Waals surface area contributed by atoms with Crippen molar-refractivity contribution in [2.24, 2.45) is 0 Å². The van der Waals surface area contributed by atoms with Gasteiger partial charge in [0.25, 0.3) is 0 Å². The van der Waals surface area contributed by atoms with Gasteiger partial charge in [0.1, 0.15) is 11.3 Å². The number of carbonyl (C=O) groups is 2. The molecule has 0 N–H and O–H groups in total. The average molecular weight is 333 g/mol. The Morgan fingerprint density at radius 1 is 1.26 bits per heavy atom. The standard InChI is InChI=1S/C12H13BrO6/c1-16-6-18-11-8(5-14)3-9(13)4-10(11)12(15)19-7-17-2/h3-5H,6-7H2,1-2H3. The highest BCUT2D eigenvalue weighted by atomic mass is 79.9. The van der Waals surface area contributed by atoms with E-state index in [9.17, 15) is 9.59 Å². The Morgan fingerprint density at radius 3 is 2.53 bits per heavy atom. The molecule has 0 fully saturated rings. The van der Waals surface area contributed by atoms with Crippen LogP contribution in [-0.2, 0) is 14.2 Å². The van der Waals surface area contributed by atoms with Gasteiger partial charge in [-0.15, -0.1) is 0 Å². The number of ether oxygens (including phenoxy) is 4. The molecular weight excluding hydrogens is 320 g/mol. The van der Waals surface area contributed by atoms with E-state index in [0.29, 0.717) is 10.8 Å². The quantitative estimate of drug-likeness (QED) is 0.432. The first-order chi connectivity index (χ1) is 9.13. The molecule has 0 saturated carbocycles. The van der Waals surface area contributed by atoms with Gasteiger partial charge >= 0.3 is 5.97 Å². The molecule has 0 aliphatic carbocycles. The summed E-state index contributed by atoms with van der Waals surface area (Å²) in [6.07, 6.45) is 0.586. The molecule has 0 saturated heterocycles. The Labute approximate surface area is 118 Å². The largest absolute Gasteiger partial charge is 0.466 e. The maximum atomic E-state index is 11.8. The number of esters is 1. The summed E-state index contributed by atoms with van der Waals surface area (Å²) >= 11 is 3.21. The normalized spacial score (nSPS) is 10.1. The number of methoxy groups -OCH3 is 2. The summed E-state index contributed by atoms with van der Waals surface area (Å²) in [5, 5.41) is 0. The summed E-state index contributed by atoms with van der Waals surface area (Å²) in [7, 11) is 2.83. The van der Waals surface area contributed by atoms with Crippen molar-refractivity contribution in [1.82, 2.24) is 0 Å². The zero-order valence-corrected chi connectivity index (χ0v) is 12.1. The highest BCUT2D eigenvalue weighted by Gasteiger charge is 2.19. The number of halogens is 1. The van der Waals surface area contributed by atoms with Crippen LogP contribution in [0.4, 0.5) is 0 Å². The van der Waals surface area contributed by atoms with Crippen molar-refractivity contribution in [2.75, 3.05) is 27.8 Å². The topological polar surface area (TPSA) is 71.1 Å². The zero-order chi connectivity index (χ0) is 14.3. The first kappa shape index (κ1) is 15.6. The first-order valence-electron chi connectivity index (χ1n) is 5.20. The average Bonchev–Trinajstić information content (AvgIpc) is 2.42. The first-order valence-corrected chi connectivity index (χ1v) is 5.99. The van der Waals surface area contributed by atoms with Gasteiger partial charge in [-0.25, -0.2) is 4.79 Å². The number of benzene rings is 1. The molecule has 0 heterocycles. The van der Waals surface area contributed by atoms with E-state index in [0.717, 1.165) is 0 Å². The third-order valence-electron chi connectivity index (χ3n) is 2.06. The molecule has 1 rings (SSSR count). The van der Waals surface area contributed by atoms with E-state index in [1.165, 1.54) is 26.4 Å². The fraction of sp³-hybridized carbons (Fsp3) is 0.333. The Bertz CT molecular complexity index is 460. The summed E-state index contributed by atoms with van der Waals surface area (Å²) in [4.78, 5) is 22.9. The van der Waals surface area contributed by atoms with Crippen molar-refractivity contribution in [3.05, 3.63) is 27.7 Å². The SMILES string of the molecule is COCOC(=O)c1cc(Br)cc(C=O)c1OCOC. The molecule has 0 aliphatic heterocycles. The van der Waals surface area contributed by atoms with Crippen LogP contribution in [0.1, 0.15) is 20.7 Å². The minimum Gasteiger partial charge on any atom is -0.466 e. The van der Waals surface area contributed by atoms with Crippen molar-refractivity contribution >= 4 is 28.2 Å². The summed E-state index contributed by atoms with van der Waals surface area (Å²) in [5.74, 6) is -0.543. The van der Waals surface area contributed by atoms with Crippen LogP contribution in [0.2, 0.25) is 0 Å². The summed E-state index contributed by atoms with van der Waals surface area (Å²) < 4.78 is 20.1. The molecule has 104 valence electrons. The van der Waals surface area contributed by atoms with E-state index in [1.54, 1.807) is 0 Å². The van der Waals surface area contributed by atoms with E-state index in [1.807, 2.05) is 0 Å². The Kier molecular flexibility index (Phi) is 6.48. The van der Waals surface area contributed by atoms with Crippen LogP contribution in [0.5, 0.6) is 5.75 Å². The highest BCUT2D eigenvalue weighted by Crippen LogP contribution is 2.28. The molecule has 0 radical (unpaired) electrons. The molecule has 6 nitrogen and oxygen atoms in total. The lowest BCUT2D eigenvalue weighted by Gasteiger charge is -2.13. The molecule has 19 heavy (non-hydrogen) atoms. The van der Waals surface area contributed by atoms with Crippen LogP contribution in [-0.4, -0.2) is 40.1 Å². The van der Waals surface area contributed by atoms with Gasteiger partial charge in [-0.3, -0.25) is 4.79 Å². The Balaban J connectivity index is 3.14. The van der Waals surface area contributed by atoms with Crippen LogP contribution in [0.25, 0.3) is 0 Å². The lowest BCUT2D eigenvalue weighted by molar-refractivity contribution is -0.0132. The fourth-order valence-corrected chi connectivity index (χ4v) is 1.80. The summed E-state index contributed by atoms with van der Waals surface area (Å²) in [5.41, 5.74) is 0.335. The van der Waals surface area contributed by atoms with Crippen molar-refractivity contribution in [3.63, 3.8) is 0 Å². The number of hydrogen-bond donors (Lipinski definition) is 0. The van der Waals surface area contributed by atoms with Gasteiger partial charge in [0.15, 0.2) is 19.9 Å². The maximum Gasteiger partial charge on any atom is 0.344 e. The second-order valence-electron chi connectivity index (χ2n) is 3.38. The molecule has 0 atom stereocenters. The molecule has 1 aromatic rings. The number of hydrogen-bond acceptors (Lipinski definition) is 6. The van der Waals surface area contributed by atoms with Gasteiger partial charge in [0.2, 0.25) is 0 Å². The number of aldehydes is 1. The molecular formula is C12H13BrO6. The van der Waals surface area contributed by atoms with Gasteiger partial charge < -0.3 is 18.9 Å². The molecule has 0 unspecified atom stereocenters. The molecule has 0 spiro atoms. The van der Waals surface area contributed by atoms with Crippen molar-refractivity contribution in [3.8, 4) is 5.75 Å². The van der Waals surface area contributed by atoms with Gasteiger partial charge in [-0.2, -0.15) is 0 Å².